The lowest BCUT2D eigenvalue weighted by Crippen LogP contribution is -2.27. The Balaban J connectivity index is 1.95. The van der Waals surface area contributed by atoms with Crippen molar-refractivity contribution in [2.75, 3.05) is 0 Å². The Morgan fingerprint density at radius 2 is 2.24 bits per heavy atom. The van der Waals surface area contributed by atoms with Gasteiger partial charge >= 0.3 is 0 Å². The van der Waals surface area contributed by atoms with Crippen LogP contribution in [0.5, 0.6) is 0 Å². The van der Waals surface area contributed by atoms with E-state index in [1.54, 1.807) is 0 Å². The molecule has 0 bridgehead atoms. The average molecular weight is 300 g/mol. The zero-order chi connectivity index (χ0) is 12.6. The first-order valence-electron chi connectivity index (χ1n) is 6.30. The molecule has 96 valence electrons. The molecule has 1 aliphatic rings. The third-order valence-corrected chi connectivity index (χ3v) is 4.82. The molecule has 1 aliphatic carbocycles. The number of halogens is 1. The Bertz CT molecular complexity index is 409. The molecular weight excluding hydrogens is 278 g/mol. The molecule has 0 radical (unpaired) electrons. The number of hydrogen-bond acceptors (Lipinski definition) is 2. The average Bonchev–Trinajstić information content (AvgIpc) is 2.68. The number of nitrogens with zero attached hydrogens (tertiary/aromatic N) is 2. The van der Waals surface area contributed by atoms with Crippen LogP contribution < -0.4 is 5.32 Å². The lowest BCUT2D eigenvalue weighted by Gasteiger charge is -2.18. The van der Waals surface area contributed by atoms with Crippen LogP contribution in [0.15, 0.2) is 4.47 Å². The van der Waals surface area contributed by atoms with Crippen molar-refractivity contribution in [3.8, 4) is 0 Å². The molecule has 0 spiro atoms. The first kappa shape index (κ1) is 13.1. The highest BCUT2D eigenvalue weighted by molar-refractivity contribution is 9.10. The number of aromatic nitrogens is 2. The topological polar surface area (TPSA) is 29.9 Å². The van der Waals surface area contributed by atoms with Gasteiger partial charge in [0, 0.05) is 19.6 Å². The highest BCUT2D eigenvalue weighted by Gasteiger charge is 2.30. The van der Waals surface area contributed by atoms with Gasteiger partial charge in [0.05, 0.1) is 15.9 Å². The molecule has 4 heteroatoms. The third kappa shape index (κ3) is 2.91. The van der Waals surface area contributed by atoms with Gasteiger partial charge in [0.1, 0.15) is 0 Å². The van der Waals surface area contributed by atoms with Crippen LogP contribution >= 0.6 is 15.9 Å². The molecule has 2 rings (SSSR count). The zero-order valence-electron chi connectivity index (χ0n) is 11.2. The predicted octanol–water partition coefficient (Wildman–Crippen LogP) is 3.16. The summed E-state index contributed by atoms with van der Waals surface area (Å²) in [6, 6.07) is 0.659. The largest absolute Gasteiger partial charge is 0.308 e. The summed E-state index contributed by atoms with van der Waals surface area (Å²) in [5, 5.41) is 8.07. The molecule has 0 aromatic carbocycles. The van der Waals surface area contributed by atoms with Crippen LogP contribution in [0.3, 0.4) is 0 Å². The van der Waals surface area contributed by atoms with Gasteiger partial charge in [-0.15, -0.1) is 0 Å². The van der Waals surface area contributed by atoms with E-state index < -0.39 is 0 Å². The summed E-state index contributed by atoms with van der Waals surface area (Å²) in [4.78, 5) is 0. The van der Waals surface area contributed by atoms with Gasteiger partial charge in [0.15, 0.2) is 0 Å². The maximum Gasteiger partial charge on any atom is 0.0739 e. The molecule has 0 aliphatic heterocycles. The first-order chi connectivity index (χ1) is 7.89. The molecule has 1 aromatic heterocycles. The summed E-state index contributed by atoms with van der Waals surface area (Å²) in [6.07, 6.45) is 3.90. The smallest absolute Gasteiger partial charge is 0.0739 e. The summed E-state index contributed by atoms with van der Waals surface area (Å²) >= 11 is 3.61. The molecule has 1 heterocycles. The fourth-order valence-electron chi connectivity index (χ4n) is 2.72. The molecule has 1 fully saturated rings. The fraction of sp³-hybridized carbons (Fsp3) is 0.769. The van der Waals surface area contributed by atoms with Crippen molar-refractivity contribution in [2.45, 2.75) is 52.6 Å². The van der Waals surface area contributed by atoms with Gasteiger partial charge in [-0.05, 0) is 47.5 Å². The van der Waals surface area contributed by atoms with E-state index in [9.17, 15) is 0 Å². The summed E-state index contributed by atoms with van der Waals surface area (Å²) in [5.41, 5.74) is 2.82. The highest BCUT2D eigenvalue weighted by atomic mass is 79.9. The van der Waals surface area contributed by atoms with Crippen LogP contribution in [0.4, 0.5) is 0 Å². The summed E-state index contributed by atoms with van der Waals surface area (Å²) < 4.78 is 3.11. The highest BCUT2D eigenvalue weighted by Crippen LogP contribution is 2.37. The molecular formula is C13H22BrN3. The molecule has 1 atom stereocenters. The Labute approximate surface area is 112 Å². The molecule has 1 unspecified atom stereocenters. The summed E-state index contributed by atoms with van der Waals surface area (Å²) in [7, 11) is 2.01. The van der Waals surface area contributed by atoms with Gasteiger partial charge in [-0.2, -0.15) is 5.10 Å². The quantitative estimate of drug-likeness (QED) is 0.929. The third-order valence-electron chi connectivity index (χ3n) is 3.79. The van der Waals surface area contributed by atoms with E-state index in [0.717, 1.165) is 16.7 Å². The lowest BCUT2D eigenvalue weighted by molar-refractivity contribution is 0.363. The van der Waals surface area contributed by atoms with E-state index in [1.807, 2.05) is 18.7 Å². The van der Waals surface area contributed by atoms with Gasteiger partial charge in [-0.1, -0.05) is 13.8 Å². The monoisotopic (exact) mass is 299 g/mol. The standard InChI is InChI=1S/C13H22BrN3/c1-9-12(14)11(17(4)16-9)8-15-10-5-6-13(2,3)7-10/h10,15H,5-8H2,1-4H3. The first-order valence-corrected chi connectivity index (χ1v) is 7.10. The van der Waals surface area contributed by atoms with E-state index in [1.165, 1.54) is 25.0 Å². The van der Waals surface area contributed by atoms with Crippen molar-refractivity contribution < 1.29 is 0 Å². The Morgan fingerprint density at radius 1 is 1.53 bits per heavy atom. The lowest BCUT2D eigenvalue weighted by atomic mass is 9.92. The van der Waals surface area contributed by atoms with Crippen molar-refractivity contribution in [3.05, 3.63) is 15.9 Å². The van der Waals surface area contributed by atoms with E-state index >= 15 is 0 Å². The van der Waals surface area contributed by atoms with E-state index in [-0.39, 0.29) is 0 Å². The van der Waals surface area contributed by atoms with E-state index in [4.69, 9.17) is 0 Å². The maximum atomic E-state index is 4.41. The van der Waals surface area contributed by atoms with Crippen LogP contribution in [-0.4, -0.2) is 15.8 Å². The molecule has 3 nitrogen and oxygen atoms in total. The molecule has 1 N–H and O–H groups in total. The van der Waals surface area contributed by atoms with Crippen LogP contribution in [0.2, 0.25) is 0 Å². The molecule has 0 saturated heterocycles. The summed E-state index contributed by atoms with van der Waals surface area (Å²) in [5.74, 6) is 0. The Morgan fingerprint density at radius 3 is 2.71 bits per heavy atom. The second-order valence-electron chi connectivity index (χ2n) is 5.95. The minimum Gasteiger partial charge on any atom is -0.308 e. The van der Waals surface area contributed by atoms with Crippen LogP contribution in [0.1, 0.15) is 44.5 Å². The van der Waals surface area contributed by atoms with E-state index in [0.29, 0.717) is 11.5 Å². The van der Waals surface area contributed by atoms with Crippen molar-refractivity contribution in [3.63, 3.8) is 0 Å². The summed E-state index contributed by atoms with van der Waals surface area (Å²) in [6.45, 7) is 7.66. The number of rotatable bonds is 3. The normalized spacial score (nSPS) is 23.2. The second-order valence-corrected chi connectivity index (χ2v) is 6.75. The van der Waals surface area contributed by atoms with Crippen LogP contribution in [0.25, 0.3) is 0 Å². The van der Waals surface area contributed by atoms with Crippen molar-refractivity contribution in [2.24, 2.45) is 12.5 Å². The van der Waals surface area contributed by atoms with E-state index in [2.05, 4.69) is 40.2 Å². The zero-order valence-corrected chi connectivity index (χ0v) is 12.8. The number of aryl methyl sites for hydroxylation is 2. The predicted molar refractivity (Wildman–Crippen MR) is 73.9 cm³/mol. The van der Waals surface area contributed by atoms with Crippen molar-refractivity contribution >= 4 is 15.9 Å². The van der Waals surface area contributed by atoms with Crippen LogP contribution in [0, 0.1) is 12.3 Å². The SMILES string of the molecule is Cc1nn(C)c(CNC2CCC(C)(C)C2)c1Br. The van der Waals surface area contributed by atoms with Gasteiger partial charge in [-0.3, -0.25) is 4.68 Å². The van der Waals surface area contributed by atoms with Crippen molar-refractivity contribution in [1.29, 1.82) is 0 Å². The second kappa shape index (κ2) is 4.73. The molecule has 1 aromatic rings. The minimum absolute atomic E-state index is 0.511. The van der Waals surface area contributed by atoms with Gasteiger partial charge in [0.25, 0.3) is 0 Å². The fourth-order valence-corrected chi connectivity index (χ4v) is 3.20. The van der Waals surface area contributed by atoms with Gasteiger partial charge < -0.3 is 5.32 Å². The molecule has 1 saturated carbocycles. The number of hydrogen-bond donors (Lipinski definition) is 1. The van der Waals surface area contributed by atoms with Crippen LogP contribution in [-0.2, 0) is 13.6 Å². The number of nitrogens with one attached hydrogen (secondary N) is 1. The Hall–Kier alpha value is -0.350. The Kier molecular flexibility index (Phi) is 3.64. The molecule has 17 heavy (non-hydrogen) atoms. The minimum atomic E-state index is 0.511. The van der Waals surface area contributed by atoms with Gasteiger partial charge in [0.2, 0.25) is 0 Å². The maximum absolute atomic E-state index is 4.41. The molecule has 0 amide bonds. The van der Waals surface area contributed by atoms with Crippen molar-refractivity contribution in [1.82, 2.24) is 15.1 Å². The van der Waals surface area contributed by atoms with Gasteiger partial charge in [-0.25, -0.2) is 0 Å².